The van der Waals surface area contributed by atoms with Gasteiger partial charge in [-0.15, -0.1) is 0 Å². The van der Waals surface area contributed by atoms with Gasteiger partial charge in [-0.1, -0.05) is 11.6 Å². The van der Waals surface area contributed by atoms with E-state index in [1.165, 1.54) is 62.6 Å². The Morgan fingerprint density at radius 2 is 1.68 bits per heavy atom. The average Bonchev–Trinajstić information content (AvgIpc) is 3.33. The van der Waals surface area contributed by atoms with Gasteiger partial charge in [-0.25, -0.2) is 21.1 Å². The number of carbonyl (C=O) groups excluding carboxylic acids is 1. The first kappa shape index (κ1) is 27.6. The molecule has 2 aromatic carbocycles. The molecule has 0 aliphatic carbocycles. The summed E-state index contributed by atoms with van der Waals surface area (Å²) in [4.78, 5) is 27.1. The summed E-state index contributed by atoms with van der Waals surface area (Å²) >= 11 is 5.91. The maximum absolute atomic E-state index is 13.6. The second-order valence-corrected chi connectivity index (χ2v) is 13.3. The summed E-state index contributed by atoms with van der Waals surface area (Å²) in [7, 11) is -5.09. The van der Waals surface area contributed by atoms with Gasteiger partial charge in [0.25, 0.3) is 5.91 Å². The number of nitrogens with zero attached hydrogens (tertiary/aromatic N) is 1. The minimum Gasteiger partial charge on any atom is -0.481 e. The van der Waals surface area contributed by atoms with Gasteiger partial charge in [0.15, 0.2) is 0 Å². The number of nitrogens with one attached hydrogen (secondary N) is 2. The Kier molecular flexibility index (Phi) is 7.28. The van der Waals surface area contributed by atoms with E-state index in [2.05, 4.69) is 10.3 Å². The fourth-order valence-corrected chi connectivity index (χ4v) is 6.98. The lowest BCUT2D eigenvalue weighted by Gasteiger charge is -2.12. The molecule has 3 N–H and O–H groups in total. The molecule has 1 aliphatic heterocycles. The van der Waals surface area contributed by atoms with Crippen molar-refractivity contribution in [2.45, 2.75) is 34.5 Å². The zero-order valence-electron chi connectivity index (χ0n) is 20.6. The number of H-pyrrole nitrogens is 1. The van der Waals surface area contributed by atoms with Gasteiger partial charge in [0, 0.05) is 48.2 Å². The number of aryl methyl sites for hydroxylation is 1. The predicted molar refractivity (Wildman–Crippen MR) is 142 cm³/mol. The fraction of sp³-hybridized carbons (Fsp3) is 0.200. The van der Waals surface area contributed by atoms with Crippen LogP contribution in [0.2, 0.25) is 5.02 Å². The number of carboxylic acids is 1. The van der Waals surface area contributed by atoms with Crippen LogP contribution in [0.4, 0.5) is 5.69 Å². The summed E-state index contributed by atoms with van der Waals surface area (Å²) in [5.74, 6) is -1.64. The van der Waals surface area contributed by atoms with E-state index in [1.807, 2.05) is 0 Å². The molecule has 3 aromatic rings. The third-order valence-corrected chi connectivity index (χ3v) is 10.1. The average molecular weight is 578 g/mol. The Morgan fingerprint density at radius 3 is 2.29 bits per heavy atom. The number of rotatable bonds is 8. The van der Waals surface area contributed by atoms with E-state index < -0.39 is 31.7 Å². The maximum Gasteiger partial charge on any atom is 0.303 e. The zero-order chi connectivity index (χ0) is 28.0. The maximum atomic E-state index is 13.6. The van der Waals surface area contributed by atoms with Crippen LogP contribution >= 0.6 is 11.6 Å². The molecule has 38 heavy (non-hydrogen) atoms. The summed E-state index contributed by atoms with van der Waals surface area (Å²) in [6.07, 6.45) is 0.924. The molecule has 0 saturated heterocycles. The molecule has 0 radical (unpaired) electrons. The van der Waals surface area contributed by atoms with Crippen molar-refractivity contribution < 1.29 is 31.5 Å². The lowest BCUT2D eigenvalue weighted by atomic mass is 10.0. The first-order valence-corrected chi connectivity index (χ1v) is 14.6. The Labute approximate surface area is 224 Å². The van der Waals surface area contributed by atoms with Gasteiger partial charge in [0.05, 0.1) is 20.3 Å². The van der Waals surface area contributed by atoms with Crippen molar-refractivity contribution in [1.29, 1.82) is 0 Å². The minimum atomic E-state index is -4.08. The van der Waals surface area contributed by atoms with Gasteiger partial charge >= 0.3 is 5.97 Å². The number of fused-ring (bicyclic) bond motifs is 1. The van der Waals surface area contributed by atoms with Gasteiger partial charge in [-0.2, -0.15) is 0 Å². The summed E-state index contributed by atoms with van der Waals surface area (Å²) in [6.45, 7) is 1.54. The number of carboxylic acid groups (broad SMARTS) is 1. The topological polar surface area (TPSA) is 154 Å². The third-order valence-electron chi connectivity index (χ3n) is 6.08. The highest BCUT2D eigenvalue weighted by Gasteiger charge is 2.31. The van der Waals surface area contributed by atoms with Crippen LogP contribution in [0.5, 0.6) is 0 Å². The lowest BCUT2D eigenvalue weighted by molar-refractivity contribution is -0.137. The summed E-state index contributed by atoms with van der Waals surface area (Å²) in [5.41, 5.74) is 1.50. The van der Waals surface area contributed by atoms with Crippen LogP contribution in [0.25, 0.3) is 11.6 Å². The molecule has 200 valence electrons. The van der Waals surface area contributed by atoms with E-state index >= 15 is 0 Å². The van der Waals surface area contributed by atoms with E-state index in [0.717, 1.165) is 4.31 Å². The van der Waals surface area contributed by atoms with Gasteiger partial charge in [-0.05, 0) is 67.4 Å². The number of aromatic amines is 1. The Hall–Kier alpha value is -3.45. The van der Waals surface area contributed by atoms with Crippen LogP contribution in [0.1, 0.15) is 28.9 Å². The number of anilines is 1. The first-order valence-electron chi connectivity index (χ1n) is 11.3. The first-order chi connectivity index (χ1) is 17.7. The summed E-state index contributed by atoms with van der Waals surface area (Å²) < 4.78 is 53.5. The Bertz CT molecular complexity index is 1710. The number of halogens is 1. The summed E-state index contributed by atoms with van der Waals surface area (Å²) in [5, 5.41) is 12.3. The minimum absolute atomic E-state index is 0.0246. The quantitative estimate of drug-likeness (QED) is 0.346. The molecule has 0 spiro atoms. The standard InChI is InChI=1S/C25H24ClN3O7S2/c1-14-24(37(33,34)16-6-4-15(26)5-7-16)18(9-11-23(30)31)22(27-14)13-20-19-12-17(38(35,36)29(2)3)8-10-21(19)28-25(20)32/h4-8,10,12-13,27H,9,11H2,1-3H3,(H,28,32)(H,30,31)/b20-13-. The normalized spacial score (nSPS) is 14.7. The molecular weight excluding hydrogens is 554 g/mol. The molecule has 0 atom stereocenters. The van der Waals surface area contributed by atoms with Gasteiger partial charge in [0.1, 0.15) is 0 Å². The lowest BCUT2D eigenvalue weighted by Crippen LogP contribution is -2.22. The van der Waals surface area contributed by atoms with Crippen molar-refractivity contribution in [1.82, 2.24) is 9.29 Å². The summed E-state index contributed by atoms with van der Waals surface area (Å²) in [6, 6.07) is 9.82. The third kappa shape index (κ3) is 4.99. The Balaban J connectivity index is 1.90. The van der Waals surface area contributed by atoms with E-state index in [9.17, 15) is 31.5 Å². The number of benzene rings is 2. The molecule has 0 fully saturated rings. The van der Waals surface area contributed by atoms with E-state index in [0.29, 0.717) is 16.3 Å². The van der Waals surface area contributed by atoms with Crippen LogP contribution in [0.3, 0.4) is 0 Å². The highest BCUT2D eigenvalue weighted by Crippen LogP contribution is 2.38. The molecule has 0 unspecified atom stereocenters. The number of hydrogen-bond donors (Lipinski definition) is 3. The van der Waals surface area contributed by atoms with Gasteiger partial charge in [0.2, 0.25) is 19.9 Å². The zero-order valence-corrected chi connectivity index (χ0v) is 23.0. The van der Waals surface area contributed by atoms with Gasteiger partial charge in [-0.3, -0.25) is 9.59 Å². The highest BCUT2D eigenvalue weighted by atomic mass is 35.5. The van der Waals surface area contributed by atoms with Crippen molar-refractivity contribution in [2.75, 3.05) is 19.4 Å². The van der Waals surface area contributed by atoms with Crippen LogP contribution in [0, 0.1) is 6.92 Å². The molecule has 13 heteroatoms. The van der Waals surface area contributed by atoms with Crippen LogP contribution < -0.4 is 5.32 Å². The number of sulfonamides is 1. The molecule has 1 aliphatic rings. The largest absolute Gasteiger partial charge is 0.481 e. The van der Waals surface area contributed by atoms with Crippen molar-refractivity contribution in [3.05, 3.63) is 70.0 Å². The number of amides is 1. The molecule has 10 nitrogen and oxygen atoms in total. The van der Waals surface area contributed by atoms with Gasteiger partial charge < -0.3 is 15.4 Å². The number of carbonyl (C=O) groups is 2. The highest BCUT2D eigenvalue weighted by molar-refractivity contribution is 7.91. The van der Waals surface area contributed by atoms with Crippen molar-refractivity contribution in [3.8, 4) is 0 Å². The molecular formula is C25H24ClN3O7S2. The van der Waals surface area contributed by atoms with E-state index in [-0.39, 0.29) is 50.1 Å². The molecule has 0 saturated carbocycles. The Morgan fingerprint density at radius 1 is 1.05 bits per heavy atom. The molecule has 0 bridgehead atoms. The molecule has 1 amide bonds. The second kappa shape index (κ2) is 10.0. The van der Waals surface area contributed by atoms with E-state index in [4.69, 9.17) is 11.6 Å². The van der Waals surface area contributed by atoms with Crippen LogP contribution in [0.15, 0.2) is 57.2 Å². The molecule has 4 rings (SSSR count). The SMILES string of the molecule is Cc1[nH]c(/C=C2\C(=O)Nc3ccc(S(=O)(=O)N(C)C)cc32)c(CCC(=O)O)c1S(=O)(=O)c1ccc(Cl)cc1. The second-order valence-electron chi connectivity index (χ2n) is 8.83. The van der Waals surface area contributed by atoms with Crippen molar-refractivity contribution >= 4 is 60.7 Å². The molecule has 1 aromatic heterocycles. The number of sulfone groups is 1. The monoisotopic (exact) mass is 577 g/mol. The van der Waals surface area contributed by atoms with Crippen molar-refractivity contribution in [2.24, 2.45) is 0 Å². The van der Waals surface area contributed by atoms with Crippen LogP contribution in [-0.2, 0) is 35.9 Å². The number of hydrogen-bond acceptors (Lipinski definition) is 6. The van der Waals surface area contributed by atoms with E-state index in [1.54, 1.807) is 6.92 Å². The smallest absolute Gasteiger partial charge is 0.303 e. The van der Waals surface area contributed by atoms with Crippen LogP contribution in [-0.4, -0.2) is 57.2 Å². The fourth-order valence-electron chi connectivity index (χ4n) is 4.21. The van der Waals surface area contributed by atoms with Crippen molar-refractivity contribution in [3.63, 3.8) is 0 Å². The number of aliphatic carboxylic acids is 1. The number of aromatic nitrogens is 1. The molecule has 2 heterocycles. The predicted octanol–water partition coefficient (Wildman–Crippen LogP) is 3.57.